The van der Waals surface area contributed by atoms with Gasteiger partial charge in [0.2, 0.25) is 0 Å². The number of hydrogen-bond donors (Lipinski definition) is 1. The lowest BCUT2D eigenvalue weighted by Gasteiger charge is -2.23. The van der Waals surface area contributed by atoms with Crippen molar-refractivity contribution < 1.29 is 18.9 Å². The van der Waals surface area contributed by atoms with E-state index in [-0.39, 0.29) is 24.0 Å². The topological polar surface area (TPSA) is 64.6 Å². The first-order valence-electron chi connectivity index (χ1n) is 8.91. The molecule has 1 saturated carbocycles. The number of likely N-dealkylation sites (N-methyl/N-ethyl adjacent to an activating group) is 1. The predicted octanol–water partition coefficient (Wildman–Crippen LogP) is 2.76. The van der Waals surface area contributed by atoms with E-state index in [4.69, 9.17) is 18.9 Å². The van der Waals surface area contributed by atoms with Crippen molar-refractivity contribution in [1.29, 1.82) is 0 Å². The number of nitrogens with zero attached hydrogens (tertiary/aromatic N) is 2. The number of aliphatic imine (C=N–C) groups is 1. The van der Waals surface area contributed by atoms with Gasteiger partial charge in [0, 0.05) is 45.4 Å². The van der Waals surface area contributed by atoms with Crippen LogP contribution in [0.5, 0.6) is 17.2 Å². The summed E-state index contributed by atoms with van der Waals surface area (Å²) in [6, 6.07) is 3.74. The van der Waals surface area contributed by atoms with Crippen LogP contribution in [0.3, 0.4) is 0 Å². The van der Waals surface area contributed by atoms with Gasteiger partial charge in [-0.1, -0.05) is 0 Å². The highest BCUT2D eigenvalue weighted by Crippen LogP contribution is 2.34. The Labute approximate surface area is 179 Å². The van der Waals surface area contributed by atoms with Crippen molar-refractivity contribution >= 4 is 29.9 Å². The lowest BCUT2D eigenvalue weighted by molar-refractivity contribution is 0.115. The summed E-state index contributed by atoms with van der Waals surface area (Å²) in [6.07, 6.45) is 2.62. The minimum Gasteiger partial charge on any atom is -0.496 e. The Balaban J connectivity index is 0.00000364. The molecular weight excluding hydrogens is 461 g/mol. The highest BCUT2D eigenvalue weighted by atomic mass is 127. The molecule has 1 aliphatic carbocycles. The summed E-state index contributed by atoms with van der Waals surface area (Å²) in [6.45, 7) is 2.93. The fourth-order valence-electron chi connectivity index (χ4n) is 2.63. The summed E-state index contributed by atoms with van der Waals surface area (Å²) < 4.78 is 21.9. The van der Waals surface area contributed by atoms with Crippen LogP contribution in [0.1, 0.15) is 18.4 Å². The molecule has 27 heavy (non-hydrogen) atoms. The zero-order chi connectivity index (χ0) is 18.9. The number of hydrogen-bond acceptors (Lipinski definition) is 5. The van der Waals surface area contributed by atoms with Crippen LogP contribution in [0, 0.1) is 5.92 Å². The highest BCUT2D eigenvalue weighted by Gasteiger charge is 2.21. The van der Waals surface area contributed by atoms with Crippen LogP contribution in [-0.4, -0.2) is 66.0 Å². The van der Waals surface area contributed by atoms with Crippen LogP contribution < -0.4 is 19.5 Å². The van der Waals surface area contributed by atoms with Crippen molar-refractivity contribution in [3.8, 4) is 17.2 Å². The molecule has 0 aromatic heterocycles. The number of nitrogens with one attached hydrogen (secondary N) is 1. The van der Waals surface area contributed by atoms with Gasteiger partial charge in [-0.2, -0.15) is 0 Å². The SMILES string of the molecule is CN=C(NCc1cc(OC)c(OC)cc1OC)N(C)CCOCC1CC1.I. The van der Waals surface area contributed by atoms with E-state index in [1.165, 1.54) is 12.8 Å². The standard InChI is InChI=1S/C19H31N3O4.HI/c1-20-19(22(2)8-9-26-13-14-6-7-14)21-12-15-10-17(24-4)18(25-5)11-16(15)23-3;/h10-11,14H,6-9,12-13H2,1-5H3,(H,20,21);1H. The fraction of sp³-hybridized carbons (Fsp3) is 0.632. The number of methoxy groups -OCH3 is 3. The maximum absolute atomic E-state index is 5.70. The summed E-state index contributed by atoms with van der Waals surface area (Å²) in [5, 5.41) is 3.36. The van der Waals surface area contributed by atoms with E-state index in [0.29, 0.717) is 24.7 Å². The lowest BCUT2D eigenvalue weighted by atomic mass is 10.1. The van der Waals surface area contributed by atoms with E-state index in [0.717, 1.165) is 36.3 Å². The second-order valence-electron chi connectivity index (χ2n) is 6.36. The Kier molecular flexibility index (Phi) is 10.6. The number of rotatable bonds is 10. The molecule has 0 bridgehead atoms. The van der Waals surface area contributed by atoms with Gasteiger partial charge in [-0.15, -0.1) is 24.0 Å². The average Bonchev–Trinajstić information content (AvgIpc) is 3.49. The molecule has 1 aliphatic rings. The number of benzene rings is 1. The van der Waals surface area contributed by atoms with E-state index in [2.05, 4.69) is 15.2 Å². The Morgan fingerprint density at radius 2 is 1.74 bits per heavy atom. The molecule has 1 aromatic carbocycles. The van der Waals surface area contributed by atoms with Gasteiger partial charge in [0.15, 0.2) is 17.5 Å². The molecule has 0 radical (unpaired) electrons. The van der Waals surface area contributed by atoms with Crippen LogP contribution in [0.15, 0.2) is 17.1 Å². The largest absolute Gasteiger partial charge is 0.496 e. The number of halogens is 1. The van der Waals surface area contributed by atoms with Crippen molar-refractivity contribution in [1.82, 2.24) is 10.2 Å². The molecule has 1 N–H and O–H groups in total. The van der Waals surface area contributed by atoms with Gasteiger partial charge in [-0.3, -0.25) is 4.99 Å². The molecule has 7 nitrogen and oxygen atoms in total. The lowest BCUT2D eigenvalue weighted by Crippen LogP contribution is -2.40. The zero-order valence-electron chi connectivity index (χ0n) is 16.9. The number of ether oxygens (including phenoxy) is 4. The Morgan fingerprint density at radius 3 is 2.30 bits per heavy atom. The molecule has 0 saturated heterocycles. The number of guanidine groups is 1. The van der Waals surface area contributed by atoms with Crippen LogP contribution >= 0.6 is 24.0 Å². The summed E-state index contributed by atoms with van der Waals surface area (Å²) in [5.41, 5.74) is 0.963. The first kappa shape index (κ1) is 23.6. The third-order valence-electron chi connectivity index (χ3n) is 4.42. The van der Waals surface area contributed by atoms with Crippen molar-refractivity contribution in [2.45, 2.75) is 19.4 Å². The van der Waals surface area contributed by atoms with Crippen LogP contribution in [0.4, 0.5) is 0 Å². The summed E-state index contributed by atoms with van der Waals surface area (Å²) in [5.74, 6) is 3.64. The van der Waals surface area contributed by atoms with E-state index >= 15 is 0 Å². The monoisotopic (exact) mass is 493 g/mol. The molecule has 0 aliphatic heterocycles. The minimum atomic E-state index is 0. The van der Waals surface area contributed by atoms with Crippen LogP contribution in [0.25, 0.3) is 0 Å². The third kappa shape index (κ3) is 7.25. The van der Waals surface area contributed by atoms with Crippen molar-refractivity contribution in [3.05, 3.63) is 17.7 Å². The molecule has 2 rings (SSSR count). The molecule has 0 atom stereocenters. The Morgan fingerprint density at radius 1 is 1.11 bits per heavy atom. The molecule has 8 heteroatoms. The van der Waals surface area contributed by atoms with Gasteiger partial charge in [0.25, 0.3) is 0 Å². The minimum absolute atomic E-state index is 0. The predicted molar refractivity (Wildman–Crippen MR) is 118 cm³/mol. The van der Waals surface area contributed by atoms with E-state index < -0.39 is 0 Å². The van der Waals surface area contributed by atoms with Gasteiger partial charge < -0.3 is 29.2 Å². The first-order valence-corrected chi connectivity index (χ1v) is 8.91. The smallest absolute Gasteiger partial charge is 0.193 e. The summed E-state index contributed by atoms with van der Waals surface area (Å²) in [7, 11) is 8.65. The second-order valence-corrected chi connectivity index (χ2v) is 6.36. The maximum atomic E-state index is 5.70. The normalized spacial score (nSPS) is 13.6. The van der Waals surface area contributed by atoms with Gasteiger partial charge in [-0.25, -0.2) is 0 Å². The molecule has 1 aromatic rings. The Bertz CT molecular complexity index is 609. The molecule has 1 fully saturated rings. The third-order valence-corrected chi connectivity index (χ3v) is 4.42. The molecule has 154 valence electrons. The van der Waals surface area contributed by atoms with Gasteiger partial charge in [0.05, 0.1) is 27.9 Å². The van der Waals surface area contributed by atoms with Crippen molar-refractivity contribution in [2.75, 3.05) is 55.2 Å². The molecule has 0 amide bonds. The first-order chi connectivity index (χ1) is 12.6. The zero-order valence-corrected chi connectivity index (χ0v) is 19.2. The van der Waals surface area contributed by atoms with E-state index in [9.17, 15) is 0 Å². The van der Waals surface area contributed by atoms with E-state index in [1.807, 2.05) is 19.2 Å². The van der Waals surface area contributed by atoms with Crippen LogP contribution in [-0.2, 0) is 11.3 Å². The van der Waals surface area contributed by atoms with Gasteiger partial charge in [0.1, 0.15) is 5.75 Å². The summed E-state index contributed by atoms with van der Waals surface area (Å²) in [4.78, 5) is 6.40. The average molecular weight is 493 g/mol. The second kappa shape index (κ2) is 12.1. The molecule has 0 heterocycles. The summed E-state index contributed by atoms with van der Waals surface area (Å²) >= 11 is 0. The molecule has 0 unspecified atom stereocenters. The molecular formula is C19H32IN3O4. The van der Waals surface area contributed by atoms with E-state index in [1.54, 1.807) is 28.4 Å². The maximum Gasteiger partial charge on any atom is 0.193 e. The van der Waals surface area contributed by atoms with Crippen molar-refractivity contribution in [2.24, 2.45) is 10.9 Å². The highest BCUT2D eigenvalue weighted by molar-refractivity contribution is 14.0. The Hall–Kier alpha value is -1.42. The molecule has 0 spiro atoms. The van der Waals surface area contributed by atoms with Gasteiger partial charge in [-0.05, 0) is 24.8 Å². The quantitative estimate of drug-likeness (QED) is 0.234. The van der Waals surface area contributed by atoms with Gasteiger partial charge >= 0.3 is 0 Å². The fourth-order valence-corrected chi connectivity index (χ4v) is 2.63. The van der Waals surface area contributed by atoms with Crippen molar-refractivity contribution in [3.63, 3.8) is 0 Å². The van der Waals surface area contributed by atoms with Crippen LogP contribution in [0.2, 0.25) is 0 Å².